The third-order valence-electron chi connectivity index (χ3n) is 4.88. The number of para-hydroxylation sites is 1. The van der Waals surface area contributed by atoms with E-state index in [-0.39, 0.29) is 23.6 Å². The second kappa shape index (κ2) is 6.84. The molecule has 1 atom stereocenters. The van der Waals surface area contributed by atoms with Crippen molar-refractivity contribution in [3.8, 4) is 11.4 Å². The highest BCUT2D eigenvalue weighted by Gasteiger charge is 2.35. The molecule has 1 aliphatic heterocycles. The number of amides is 1. The van der Waals surface area contributed by atoms with Gasteiger partial charge in [0.15, 0.2) is 0 Å². The van der Waals surface area contributed by atoms with E-state index >= 15 is 0 Å². The number of nitrogens with zero attached hydrogens (tertiary/aromatic N) is 1. The van der Waals surface area contributed by atoms with E-state index in [1.54, 1.807) is 29.9 Å². The number of carboxylic acids is 1. The highest BCUT2D eigenvalue weighted by atomic mass is 19.1. The highest BCUT2D eigenvalue weighted by Crippen LogP contribution is 2.44. The topological polar surface area (TPSA) is 80.6 Å². The minimum absolute atomic E-state index is 0.0210. The van der Waals surface area contributed by atoms with E-state index in [2.05, 4.69) is 5.32 Å². The van der Waals surface area contributed by atoms with E-state index < -0.39 is 17.7 Å². The molecule has 0 saturated heterocycles. The molecule has 1 amide bonds. The van der Waals surface area contributed by atoms with Gasteiger partial charge < -0.3 is 19.7 Å². The van der Waals surface area contributed by atoms with Crippen LogP contribution in [0, 0.1) is 5.82 Å². The summed E-state index contributed by atoms with van der Waals surface area (Å²) in [6.07, 6.45) is 1.59. The predicted octanol–water partition coefficient (Wildman–Crippen LogP) is 3.80. The van der Waals surface area contributed by atoms with Crippen LogP contribution >= 0.6 is 0 Å². The predicted molar refractivity (Wildman–Crippen MR) is 101 cm³/mol. The summed E-state index contributed by atoms with van der Waals surface area (Å²) >= 11 is 0. The van der Waals surface area contributed by atoms with Crippen molar-refractivity contribution in [2.75, 3.05) is 12.4 Å². The summed E-state index contributed by atoms with van der Waals surface area (Å²) in [7, 11) is 1.55. The molecule has 2 N–H and O–H groups in total. The van der Waals surface area contributed by atoms with Crippen LogP contribution in [-0.2, 0) is 4.79 Å². The van der Waals surface area contributed by atoms with Crippen LogP contribution in [0.4, 0.5) is 10.1 Å². The number of aromatic carboxylic acids is 1. The van der Waals surface area contributed by atoms with Gasteiger partial charge in [0.2, 0.25) is 5.91 Å². The number of carbonyl (C=O) groups excluding carboxylic acids is 1. The molecule has 0 radical (unpaired) electrons. The normalized spacial score (nSPS) is 15.6. The van der Waals surface area contributed by atoms with Gasteiger partial charge in [-0.25, -0.2) is 9.18 Å². The first-order chi connectivity index (χ1) is 13.5. The Morgan fingerprint density at radius 1 is 1.21 bits per heavy atom. The van der Waals surface area contributed by atoms with Crippen molar-refractivity contribution in [2.45, 2.75) is 12.3 Å². The molecule has 3 aromatic rings. The molecular formula is C21H17FN2O4. The number of methoxy groups -OCH3 is 1. The fraction of sp³-hybridized carbons (Fsp3) is 0.143. The Balaban J connectivity index is 1.98. The molecule has 28 heavy (non-hydrogen) atoms. The van der Waals surface area contributed by atoms with Gasteiger partial charge in [-0.1, -0.05) is 18.2 Å². The van der Waals surface area contributed by atoms with Crippen LogP contribution in [0.3, 0.4) is 0 Å². The molecule has 2 aromatic carbocycles. The lowest BCUT2D eigenvalue weighted by Crippen LogP contribution is -2.25. The molecule has 6 nitrogen and oxygen atoms in total. The van der Waals surface area contributed by atoms with Gasteiger partial charge in [-0.3, -0.25) is 4.79 Å². The van der Waals surface area contributed by atoms with Crippen molar-refractivity contribution in [3.05, 3.63) is 77.4 Å². The summed E-state index contributed by atoms with van der Waals surface area (Å²) in [6.45, 7) is 0. The van der Waals surface area contributed by atoms with Crippen LogP contribution in [0.25, 0.3) is 5.69 Å². The molecule has 0 unspecified atom stereocenters. The van der Waals surface area contributed by atoms with Crippen LogP contribution < -0.4 is 10.1 Å². The van der Waals surface area contributed by atoms with Crippen LogP contribution in [0.1, 0.15) is 34.0 Å². The molecule has 1 aromatic heterocycles. The molecule has 1 aliphatic rings. The van der Waals surface area contributed by atoms with Crippen LogP contribution in [0.15, 0.2) is 54.7 Å². The Morgan fingerprint density at radius 2 is 1.93 bits per heavy atom. The summed E-state index contributed by atoms with van der Waals surface area (Å²) < 4.78 is 20.5. The van der Waals surface area contributed by atoms with E-state index in [1.807, 2.05) is 18.2 Å². The van der Waals surface area contributed by atoms with E-state index in [0.717, 1.165) is 5.56 Å². The maximum absolute atomic E-state index is 13.4. The number of aromatic nitrogens is 1. The molecular weight excluding hydrogens is 363 g/mol. The molecule has 142 valence electrons. The number of hydrogen-bond donors (Lipinski definition) is 2. The molecule has 4 rings (SSSR count). The van der Waals surface area contributed by atoms with Crippen LogP contribution in [-0.4, -0.2) is 28.7 Å². The number of fused-ring (bicyclic) bond motifs is 1. The summed E-state index contributed by atoms with van der Waals surface area (Å²) in [5.74, 6) is -1.63. The third kappa shape index (κ3) is 2.90. The SMILES string of the molecule is COc1ccccc1[C@@H]1CC(=O)Nc2c(C(=O)O)cn(-c3ccc(F)cc3)c21. The van der Waals surface area contributed by atoms with E-state index in [1.165, 1.54) is 18.3 Å². The van der Waals surface area contributed by atoms with Gasteiger partial charge in [-0.15, -0.1) is 0 Å². The first-order valence-electron chi connectivity index (χ1n) is 8.67. The van der Waals surface area contributed by atoms with Crippen LogP contribution in [0.2, 0.25) is 0 Å². The van der Waals surface area contributed by atoms with Crippen molar-refractivity contribution in [1.82, 2.24) is 4.57 Å². The van der Waals surface area contributed by atoms with Crippen molar-refractivity contribution in [3.63, 3.8) is 0 Å². The van der Waals surface area contributed by atoms with E-state index in [9.17, 15) is 19.1 Å². The Kier molecular flexibility index (Phi) is 4.35. The zero-order valence-electron chi connectivity index (χ0n) is 15.0. The second-order valence-corrected chi connectivity index (χ2v) is 6.50. The average Bonchev–Trinajstić information content (AvgIpc) is 3.07. The quantitative estimate of drug-likeness (QED) is 0.722. The number of hydrogen-bond acceptors (Lipinski definition) is 3. The smallest absolute Gasteiger partial charge is 0.339 e. The maximum Gasteiger partial charge on any atom is 0.339 e. The number of rotatable bonds is 4. The summed E-state index contributed by atoms with van der Waals surface area (Å²) in [4.78, 5) is 24.2. The number of carboxylic acid groups (broad SMARTS) is 1. The second-order valence-electron chi connectivity index (χ2n) is 6.50. The number of carbonyl (C=O) groups is 2. The Bertz CT molecular complexity index is 1070. The molecule has 0 bridgehead atoms. The Labute approximate surface area is 160 Å². The van der Waals surface area contributed by atoms with Gasteiger partial charge in [0.05, 0.1) is 18.5 Å². The zero-order chi connectivity index (χ0) is 19.8. The Hall–Kier alpha value is -3.61. The highest BCUT2D eigenvalue weighted by molar-refractivity contribution is 6.04. The summed E-state index contributed by atoms with van der Waals surface area (Å²) in [5, 5.41) is 12.3. The minimum atomic E-state index is -1.15. The minimum Gasteiger partial charge on any atom is -0.496 e. The number of anilines is 1. The summed E-state index contributed by atoms with van der Waals surface area (Å²) in [6, 6.07) is 13.1. The van der Waals surface area contributed by atoms with Crippen molar-refractivity contribution in [1.29, 1.82) is 0 Å². The molecule has 7 heteroatoms. The van der Waals surface area contributed by atoms with Gasteiger partial charge in [0, 0.05) is 29.8 Å². The lowest BCUT2D eigenvalue weighted by atomic mass is 9.87. The van der Waals surface area contributed by atoms with Gasteiger partial charge in [-0.2, -0.15) is 0 Å². The standard InChI is InChI=1S/C21H17FN2O4/c1-28-17-5-3-2-4-14(17)15-10-18(25)23-19-16(21(26)27)11-24(20(15)19)13-8-6-12(22)7-9-13/h2-9,11,15H,10H2,1H3,(H,23,25)(H,26,27)/t15-/m0/s1. The van der Waals surface area contributed by atoms with Gasteiger partial charge in [0.1, 0.15) is 17.1 Å². The monoisotopic (exact) mass is 380 g/mol. The van der Waals surface area contributed by atoms with Crippen molar-refractivity contribution in [2.24, 2.45) is 0 Å². The number of ether oxygens (including phenoxy) is 1. The fourth-order valence-corrected chi connectivity index (χ4v) is 3.66. The lowest BCUT2D eigenvalue weighted by Gasteiger charge is -2.27. The maximum atomic E-state index is 13.4. The first-order valence-corrected chi connectivity index (χ1v) is 8.67. The third-order valence-corrected chi connectivity index (χ3v) is 4.88. The molecule has 0 spiro atoms. The number of nitrogens with one attached hydrogen (secondary N) is 1. The van der Waals surface area contributed by atoms with E-state index in [4.69, 9.17) is 4.74 Å². The lowest BCUT2D eigenvalue weighted by molar-refractivity contribution is -0.116. The number of benzene rings is 2. The fourth-order valence-electron chi connectivity index (χ4n) is 3.66. The number of halogens is 1. The molecule has 0 fully saturated rings. The van der Waals surface area contributed by atoms with E-state index in [0.29, 0.717) is 17.1 Å². The van der Waals surface area contributed by atoms with Gasteiger partial charge in [0.25, 0.3) is 0 Å². The van der Waals surface area contributed by atoms with Crippen LogP contribution in [0.5, 0.6) is 5.75 Å². The van der Waals surface area contributed by atoms with Crippen molar-refractivity contribution >= 4 is 17.6 Å². The first kappa shape index (κ1) is 17.8. The van der Waals surface area contributed by atoms with Gasteiger partial charge in [-0.05, 0) is 30.3 Å². The molecule has 2 heterocycles. The Morgan fingerprint density at radius 3 is 2.61 bits per heavy atom. The largest absolute Gasteiger partial charge is 0.496 e. The van der Waals surface area contributed by atoms with Crippen molar-refractivity contribution < 1.29 is 23.8 Å². The summed E-state index contributed by atoms with van der Waals surface area (Å²) in [5.41, 5.74) is 2.23. The molecule has 0 aliphatic carbocycles. The average molecular weight is 380 g/mol. The molecule has 0 saturated carbocycles. The van der Waals surface area contributed by atoms with Gasteiger partial charge >= 0.3 is 5.97 Å². The zero-order valence-corrected chi connectivity index (χ0v) is 15.0.